The molecule has 27 heavy (non-hydrogen) atoms. The number of ether oxygens (including phenoxy) is 1. The van der Waals surface area contributed by atoms with Gasteiger partial charge < -0.3 is 4.74 Å². The average Bonchev–Trinajstić information content (AvgIpc) is 3.09. The molecule has 0 unspecified atom stereocenters. The third kappa shape index (κ3) is 4.16. The van der Waals surface area contributed by atoms with E-state index in [1.165, 1.54) is 56.8 Å². The van der Waals surface area contributed by atoms with Gasteiger partial charge >= 0.3 is 5.69 Å². The molecule has 1 fully saturated rings. The summed E-state index contributed by atoms with van der Waals surface area (Å²) in [6.45, 7) is 0. The predicted molar refractivity (Wildman–Crippen MR) is 101 cm³/mol. The first-order chi connectivity index (χ1) is 12.9. The molecule has 0 N–H and O–H groups in total. The summed E-state index contributed by atoms with van der Waals surface area (Å²) >= 11 is 0. The first-order valence-corrected chi connectivity index (χ1v) is 10.6. The normalized spacial score (nSPS) is 15.6. The Labute approximate surface area is 158 Å². The van der Waals surface area contributed by atoms with Crippen LogP contribution < -0.4 is 10.4 Å². The van der Waals surface area contributed by atoms with Crippen LogP contribution in [-0.4, -0.2) is 30.0 Å². The molecule has 2 aromatic rings. The monoisotopic (exact) mass is 392 g/mol. The summed E-state index contributed by atoms with van der Waals surface area (Å²) in [6, 6.07) is 5.74. The summed E-state index contributed by atoms with van der Waals surface area (Å²) in [6.07, 6.45) is 9.20. The van der Waals surface area contributed by atoms with Gasteiger partial charge in [0.15, 0.2) is 0 Å². The van der Waals surface area contributed by atoms with E-state index in [2.05, 4.69) is 0 Å². The van der Waals surface area contributed by atoms with Crippen LogP contribution in [0.4, 0.5) is 0 Å². The van der Waals surface area contributed by atoms with E-state index in [1.807, 2.05) is 0 Å². The van der Waals surface area contributed by atoms with Gasteiger partial charge in [0, 0.05) is 18.8 Å². The van der Waals surface area contributed by atoms with Gasteiger partial charge in [0.05, 0.1) is 12.0 Å². The highest BCUT2D eigenvalue weighted by Crippen LogP contribution is 2.27. The van der Waals surface area contributed by atoms with Gasteiger partial charge in [-0.1, -0.05) is 32.1 Å². The van der Waals surface area contributed by atoms with Gasteiger partial charge in [-0.2, -0.15) is 3.97 Å². The molecule has 146 valence electrons. The predicted octanol–water partition coefficient (Wildman–Crippen LogP) is 2.90. The molecule has 0 saturated heterocycles. The van der Waals surface area contributed by atoms with E-state index in [0.717, 1.165) is 30.0 Å². The number of imidazole rings is 1. The summed E-state index contributed by atoms with van der Waals surface area (Å²) < 4.78 is 31.9. The average molecular weight is 392 g/mol. The van der Waals surface area contributed by atoms with Crippen LogP contribution in [-0.2, 0) is 10.0 Å². The van der Waals surface area contributed by atoms with Crippen molar-refractivity contribution in [2.45, 2.75) is 49.8 Å². The summed E-state index contributed by atoms with van der Waals surface area (Å²) in [7, 11) is -2.59. The molecule has 3 rings (SSSR count). The SMILES string of the molecule is COc1ccc(S(=O)(=O)n2ccn(C(=O)CCC3CCCCC3)c2=O)cc1. The molecule has 0 radical (unpaired) electrons. The zero-order valence-corrected chi connectivity index (χ0v) is 16.2. The van der Waals surface area contributed by atoms with Crippen molar-refractivity contribution in [1.29, 1.82) is 0 Å². The van der Waals surface area contributed by atoms with Gasteiger partial charge in [-0.25, -0.2) is 17.8 Å². The van der Waals surface area contributed by atoms with Crippen LogP contribution >= 0.6 is 0 Å². The standard InChI is InChI=1S/C19H24N2O5S/c1-26-16-8-10-17(11-9-16)27(24,25)21-14-13-20(19(21)23)18(22)12-7-15-5-3-2-4-6-15/h8-11,13-15H,2-7,12H2,1H3. The summed E-state index contributed by atoms with van der Waals surface area (Å²) in [5.41, 5.74) is -0.862. The van der Waals surface area contributed by atoms with Crippen LogP contribution in [0.15, 0.2) is 46.3 Å². The number of methoxy groups -OCH3 is 1. The minimum Gasteiger partial charge on any atom is -0.497 e. The second kappa shape index (κ2) is 8.12. The molecule has 1 aromatic heterocycles. The van der Waals surface area contributed by atoms with Gasteiger partial charge in [-0.3, -0.25) is 4.79 Å². The van der Waals surface area contributed by atoms with Crippen molar-refractivity contribution in [3.05, 3.63) is 47.1 Å². The summed E-state index contributed by atoms with van der Waals surface area (Å²) in [5, 5.41) is 0. The Hall–Kier alpha value is -2.35. The summed E-state index contributed by atoms with van der Waals surface area (Å²) in [4.78, 5) is 24.9. The summed E-state index contributed by atoms with van der Waals surface area (Å²) in [5.74, 6) is 0.662. The number of benzene rings is 1. The lowest BCUT2D eigenvalue weighted by molar-refractivity contribution is 0.0885. The Morgan fingerprint density at radius 1 is 1.11 bits per heavy atom. The largest absolute Gasteiger partial charge is 0.497 e. The minimum absolute atomic E-state index is 0.0437. The molecule has 8 heteroatoms. The number of aromatic nitrogens is 2. The molecule has 1 heterocycles. The number of nitrogens with zero attached hydrogens (tertiary/aromatic N) is 2. The Bertz CT molecular complexity index is 951. The van der Waals surface area contributed by atoms with Gasteiger partial charge in [0.25, 0.3) is 10.0 Å². The maximum Gasteiger partial charge on any atom is 0.349 e. The van der Waals surface area contributed by atoms with Crippen molar-refractivity contribution in [2.24, 2.45) is 5.92 Å². The van der Waals surface area contributed by atoms with Crippen LogP contribution in [0.3, 0.4) is 0 Å². The minimum atomic E-state index is -4.07. The fourth-order valence-electron chi connectivity index (χ4n) is 3.52. The molecule has 1 saturated carbocycles. The van der Waals surface area contributed by atoms with Crippen molar-refractivity contribution in [3.8, 4) is 5.75 Å². The first kappa shape index (κ1) is 19.4. The first-order valence-electron chi connectivity index (χ1n) is 9.16. The van der Waals surface area contributed by atoms with Crippen molar-refractivity contribution in [1.82, 2.24) is 8.54 Å². The van der Waals surface area contributed by atoms with Gasteiger partial charge in [-0.15, -0.1) is 0 Å². The maximum absolute atomic E-state index is 12.7. The third-order valence-corrected chi connectivity index (χ3v) is 6.79. The molecule has 1 aliphatic carbocycles. The Morgan fingerprint density at radius 3 is 2.41 bits per heavy atom. The Morgan fingerprint density at radius 2 is 1.78 bits per heavy atom. The molecule has 1 aliphatic rings. The highest BCUT2D eigenvalue weighted by atomic mass is 32.2. The van der Waals surface area contributed by atoms with E-state index in [-0.39, 0.29) is 17.2 Å². The van der Waals surface area contributed by atoms with Crippen molar-refractivity contribution >= 4 is 15.9 Å². The van der Waals surface area contributed by atoms with Crippen LogP contribution in [0.2, 0.25) is 0 Å². The van der Waals surface area contributed by atoms with Gasteiger partial charge in [-0.05, 0) is 36.6 Å². The van der Waals surface area contributed by atoms with Crippen LogP contribution in [0.25, 0.3) is 0 Å². The van der Waals surface area contributed by atoms with Crippen LogP contribution in [0, 0.1) is 5.92 Å². The van der Waals surface area contributed by atoms with Crippen LogP contribution in [0.5, 0.6) is 5.75 Å². The lowest BCUT2D eigenvalue weighted by Crippen LogP contribution is -2.32. The van der Waals surface area contributed by atoms with E-state index >= 15 is 0 Å². The number of hydrogen-bond donors (Lipinski definition) is 0. The second-order valence-corrected chi connectivity index (χ2v) is 8.68. The maximum atomic E-state index is 12.7. The molecular weight excluding hydrogens is 368 g/mol. The van der Waals surface area contributed by atoms with Gasteiger partial charge in [0.1, 0.15) is 5.75 Å². The molecular formula is C19H24N2O5S. The molecule has 0 amide bonds. The van der Waals surface area contributed by atoms with Crippen molar-refractivity contribution in [2.75, 3.05) is 7.11 Å². The van der Waals surface area contributed by atoms with Gasteiger partial charge in [0.2, 0.25) is 5.91 Å². The number of rotatable bonds is 6. The molecule has 0 aliphatic heterocycles. The van der Waals surface area contributed by atoms with Crippen LogP contribution in [0.1, 0.15) is 49.7 Å². The lowest BCUT2D eigenvalue weighted by atomic mass is 9.86. The van der Waals surface area contributed by atoms with E-state index in [9.17, 15) is 18.0 Å². The smallest absolute Gasteiger partial charge is 0.349 e. The fraction of sp³-hybridized carbons (Fsp3) is 0.474. The zero-order chi connectivity index (χ0) is 19.4. The quantitative estimate of drug-likeness (QED) is 0.754. The molecule has 0 atom stereocenters. The lowest BCUT2D eigenvalue weighted by Gasteiger charge is -2.20. The second-order valence-electron chi connectivity index (χ2n) is 6.86. The van der Waals surface area contributed by atoms with E-state index < -0.39 is 15.7 Å². The van der Waals surface area contributed by atoms with E-state index in [1.54, 1.807) is 0 Å². The Kier molecular flexibility index (Phi) is 5.84. The highest BCUT2D eigenvalue weighted by Gasteiger charge is 2.23. The van der Waals surface area contributed by atoms with E-state index in [4.69, 9.17) is 4.74 Å². The zero-order valence-electron chi connectivity index (χ0n) is 15.3. The molecule has 0 bridgehead atoms. The number of carbonyl (C=O) groups excluding carboxylic acids is 1. The van der Waals surface area contributed by atoms with Crippen molar-refractivity contribution in [3.63, 3.8) is 0 Å². The third-order valence-electron chi connectivity index (χ3n) is 5.12. The highest BCUT2D eigenvalue weighted by molar-refractivity contribution is 7.90. The number of carbonyl (C=O) groups is 1. The number of hydrogen-bond acceptors (Lipinski definition) is 5. The van der Waals surface area contributed by atoms with E-state index in [0.29, 0.717) is 15.6 Å². The topological polar surface area (TPSA) is 87.4 Å². The molecule has 1 aromatic carbocycles. The molecule has 0 spiro atoms. The fourth-order valence-corrected chi connectivity index (χ4v) is 4.73. The Balaban J connectivity index is 1.77. The van der Waals surface area contributed by atoms with Crippen molar-refractivity contribution < 1.29 is 17.9 Å². The molecule has 7 nitrogen and oxygen atoms in total.